The molecule has 1 saturated heterocycles. The lowest BCUT2D eigenvalue weighted by molar-refractivity contribution is -0.138. The summed E-state index contributed by atoms with van der Waals surface area (Å²) < 4.78 is 0. The molecule has 2 aromatic carbocycles. The van der Waals surface area contributed by atoms with Crippen LogP contribution in [0.4, 0.5) is 0 Å². The predicted octanol–water partition coefficient (Wildman–Crippen LogP) is 3.74. The second-order valence-corrected chi connectivity index (χ2v) is 7.33. The molecule has 0 radical (unpaired) electrons. The Labute approximate surface area is 161 Å². The van der Waals surface area contributed by atoms with Gasteiger partial charge in [-0.05, 0) is 36.8 Å². The van der Waals surface area contributed by atoms with Gasteiger partial charge in [-0.1, -0.05) is 67.6 Å². The van der Waals surface area contributed by atoms with E-state index in [0.717, 1.165) is 37.1 Å². The van der Waals surface area contributed by atoms with E-state index in [1.54, 1.807) is 0 Å². The molecule has 0 spiro atoms. The van der Waals surface area contributed by atoms with E-state index < -0.39 is 6.04 Å². The van der Waals surface area contributed by atoms with E-state index >= 15 is 0 Å². The van der Waals surface area contributed by atoms with E-state index in [2.05, 4.69) is 5.32 Å². The van der Waals surface area contributed by atoms with Crippen LogP contribution in [-0.4, -0.2) is 29.8 Å². The van der Waals surface area contributed by atoms with Crippen molar-refractivity contribution < 1.29 is 9.59 Å². The third-order valence-electron chi connectivity index (χ3n) is 5.17. The molecule has 142 valence electrons. The zero-order valence-electron chi connectivity index (χ0n) is 15.9. The number of carbonyl (C=O) groups is 2. The molecule has 2 amide bonds. The first kappa shape index (κ1) is 19.2. The zero-order valence-corrected chi connectivity index (χ0v) is 15.9. The lowest BCUT2D eigenvalue weighted by Crippen LogP contribution is -2.46. The number of rotatable bonds is 6. The summed E-state index contributed by atoms with van der Waals surface area (Å²) in [5.74, 6) is -0.285. The van der Waals surface area contributed by atoms with Gasteiger partial charge in [-0.25, -0.2) is 0 Å². The molecule has 0 bridgehead atoms. The van der Waals surface area contributed by atoms with Crippen molar-refractivity contribution in [2.75, 3.05) is 13.1 Å². The number of likely N-dealkylation sites (tertiary alicyclic amines) is 1. The monoisotopic (exact) mass is 364 g/mol. The summed E-state index contributed by atoms with van der Waals surface area (Å²) in [6, 6.07) is 18.9. The van der Waals surface area contributed by atoms with Crippen LogP contribution in [0, 0.1) is 5.92 Å². The molecule has 1 N–H and O–H groups in total. The van der Waals surface area contributed by atoms with Gasteiger partial charge in [-0.15, -0.1) is 0 Å². The average molecular weight is 364 g/mol. The van der Waals surface area contributed by atoms with Crippen molar-refractivity contribution in [1.29, 1.82) is 0 Å². The number of piperidine rings is 1. The second-order valence-electron chi connectivity index (χ2n) is 7.33. The van der Waals surface area contributed by atoms with Gasteiger partial charge in [0, 0.05) is 19.0 Å². The van der Waals surface area contributed by atoms with Crippen molar-refractivity contribution in [2.24, 2.45) is 5.92 Å². The van der Waals surface area contributed by atoms with Crippen molar-refractivity contribution >= 4 is 11.8 Å². The smallest absolute Gasteiger partial charge is 0.249 e. The maximum atomic E-state index is 13.1. The van der Waals surface area contributed by atoms with Crippen LogP contribution < -0.4 is 5.32 Å². The SMILES string of the molecule is CC(Cc1ccccc1)C(=O)N[C@@H](C(=O)N1CCCCC1)c1ccccc1. The van der Waals surface area contributed by atoms with Crippen molar-refractivity contribution in [3.63, 3.8) is 0 Å². The topological polar surface area (TPSA) is 49.4 Å². The van der Waals surface area contributed by atoms with E-state index in [1.807, 2.05) is 72.5 Å². The van der Waals surface area contributed by atoms with Gasteiger partial charge < -0.3 is 10.2 Å². The van der Waals surface area contributed by atoms with Gasteiger partial charge in [0.25, 0.3) is 0 Å². The number of nitrogens with one attached hydrogen (secondary N) is 1. The molecular weight excluding hydrogens is 336 g/mol. The summed E-state index contributed by atoms with van der Waals surface area (Å²) in [6.45, 7) is 3.46. The molecule has 0 saturated carbocycles. The Hall–Kier alpha value is -2.62. The molecule has 0 aliphatic carbocycles. The second kappa shape index (κ2) is 9.36. The van der Waals surface area contributed by atoms with Crippen LogP contribution in [0.3, 0.4) is 0 Å². The van der Waals surface area contributed by atoms with Crippen LogP contribution in [0.2, 0.25) is 0 Å². The fourth-order valence-corrected chi connectivity index (χ4v) is 3.57. The van der Waals surface area contributed by atoms with E-state index in [9.17, 15) is 9.59 Å². The Morgan fingerprint density at radius 1 is 0.926 bits per heavy atom. The molecule has 1 unspecified atom stereocenters. The van der Waals surface area contributed by atoms with Gasteiger partial charge in [0.1, 0.15) is 6.04 Å². The first-order valence-electron chi connectivity index (χ1n) is 9.83. The van der Waals surface area contributed by atoms with Crippen LogP contribution >= 0.6 is 0 Å². The summed E-state index contributed by atoms with van der Waals surface area (Å²) in [6.07, 6.45) is 3.89. The minimum atomic E-state index is -0.616. The Balaban J connectivity index is 1.72. The third kappa shape index (κ3) is 5.19. The van der Waals surface area contributed by atoms with Gasteiger partial charge in [0.15, 0.2) is 0 Å². The summed E-state index contributed by atoms with van der Waals surface area (Å²) in [7, 11) is 0. The van der Waals surface area contributed by atoms with Crippen molar-refractivity contribution in [2.45, 2.75) is 38.6 Å². The van der Waals surface area contributed by atoms with Crippen LogP contribution in [0.5, 0.6) is 0 Å². The lowest BCUT2D eigenvalue weighted by atomic mass is 9.98. The molecule has 1 heterocycles. The van der Waals surface area contributed by atoms with Gasteiger partial charge >= 0.3 is 0 Å². The summed E-state index contributed by atoms with van der Waals surface area (Å²) >= 11 is 0. The maximum Gasteiger partial charge on any atom is 0.249 e. The molecular formula is C23H28N2O2. The Morgan fingerprint density at radius 2 is 1.52 bits per heavy atom. The number of benzene rings is 2. The molecule has 1 aliphatic rings. The molecule has 1 fully saturated rings. The average Bonchev–Trinajstić information content (AvgIpc) is 2.73. The fraction of sp³-hybridized carbons (Fsp3) is 0.391. The minimum Gasteiger partial charge on any atom is -0.341 e. The van der Waals surface area contributed by atoms with Gasteiger partial charge in [0.05, 0.1) is 0 Å². The highest BCUT2D eigenvalue weighted by Gasteiger charge is 2.29. The quantitative estimate of drug-likeness (QED) is 0.849. The summed E-state index contributed by atoms with van der Waals surface area (Å²) in [5, 5.41) is 3.02. The Bertz CT molecular complexity index is 739. The number of amides is 2. The standard InChI is InChI=1S/C23H28N2O2/c1-18(17-19-11-5-2-6-12-19)22(26)24-21(20-13-7-3-8-14-20)23(27)25-15-9-4-10-16-25/h2-3,5-8,11-14,18,21H,4,9-10,15-17H2,1H3,(H,24,26)/t18?,21-/m1/s1. The molecule has 2 atom stereocenters. The highest BCUT2D eigenvalue weighted by Crippen LogP contribution is 2.20. The number of hydrogen-bond donors (Lipinski definition) is 1. The van der Waals surface area contributed by atoms with E-state index in [1.165, 1.54) is 6.42 Å². The number of carbonyl (C=O) groups excluding carboxylic acids is 2. The first-order chi connectivity index (χ1) is 13.1. The first-order valence-corrected chi connectivity index (χ1v) is 9.83. The number of nitrogens with zero attached hydrogens (tertiary/aromatic N) is 1. The molecule has 1 aliphatic heterocycles. The normalized spacial score (nSPS) is 16.4. The third-order valence-corrected chi connectivity index (χ3v) is 5.17. The highest BCUT2D eigenvalue weighted by molar-refractivity contribution is 5.89. The Kier molecular flexibility index (Phi) is 6.64. The van der Waals surface area contributed by atoms with Crippen LogP contribution in [-0.2, 0) is 16.0 Å². The zero-order chi connectivity index (χ0) is 19.1. The summed E-state index contributed by atoms with van der Waals surface area (Å²) in [4.78, 5) is 27.9. The summed E-state index contributed by atoms with van der Waals surface area (Å²) in [5.41, 5.74) is 1.96. The van der Waals surface area contributed by atoms with Crippen LogP contribution in [0.1, 0.15) is 43.4 Å². The molecule has 0 aromatic heterocycles. The van der Waals surface area contributed by atoms with E-state index in [4.69, 9.17) is 0 Å². The lowest BCUT2D eigenvalue weighted by Gasteiger charge is -2.31. The Morgan fingerprint density at radius 3 is 2.15 bits per heavy atom. The molecule has 4 nitrogen and oxygen atoms in total. The van der Waals surface area contributed by atoms with Crippen molar-refractivity contribution in [3.05, 3.63) is 71.8 Å². The minimum absolute atomic E-state index is 0.00108. The van der Waals surface area contributed by atoms with E-state index in [-0.39, 0.29) is 17.7 Å². The predicted molar refractivity (Wildman–Crippen MR) is 107 cm³/mol. The van der Waals surface area contributed by atoms with Crippen molar-refractivity contribution in [3.8, 4) is 0 Å². The number of hydrogen-bond acceptors (Lipinski definition) is 2. The maximum absolute atomic E-state index is 13.1. The van der Waals surface area contributed by atoms with Crippen molar-refractivity contribution in [1.82, 2.24) is 10.2 Å². The fourth-order valence-electron chi connectivity index (χ4n) is 3.57. The van der Waals surface area contributed by atoms with Crippen LogP contribution in [0.15, 0.2) is 60.7 Å². The molecule has 4 heteroatoms. The van der Waals surface area contributed by atoms with Gasteiger partial charge in [-0.3, -0.25) is 9.59 Å². The largest absolute Gasteiger partial charge is 0.341 e. The molecule has 2 aromatic rings. The molecule has 3 rings (SSSR count). The van der Waals surface area contributed by atoms with Gasteiger partial charge in [-0.2, -0.15) is 0 Å². The van der Waals surface area contributed by atoms with Gasteiger partial charge in [0.2, 0.25) is 11.8 Å². The van der Waals surface area contributed by atoms with E-state index in [0.29, 0.717) is 6.42 Å². The molecule has 27 heavy (non-hydrogen) atoms. The van der Waals surface area contributed by atoms with Crippen LogP contribution in [0.25, 0.3) is 0 Å². The highest BCUT2D eigenvalue weighted by atomic mass is 16.2.